The zero-order chi connectivity index (χ0) is 30.4. The van der Waals surface area contributed by atoms with Crippen LogP contribution in [0.3, 0.4) is 0 Å². The van der Waals surface area contributed by atoms with Gasteiger partial charge in [0.25, 0.3) is 0 Å². The van der Waals surface area contributed by atoms with Crippen molar-refractivity contribution in [2.75, 3.05) is 0 Å². The Hall–Kier alpha value is -4.48. The van der Waals surface area contributed by atoms with Crippen molar-refractivity contribution in [1.29, 1.82) is 0 Å². The number of carboxylic acid groups (broad SMARTS) is 2. The van der Waals surface area contributed by atoms with Gasteiger partial charge in [0.15, 0.2) is 0 Å². The molecular weight excluding hydrogens is 563 g/mol. The second kappa shape index (κ2) is 11.3. The molecule has 0 aromatic heterocycles. The number of rotatable bonds is 6. The van der Waals surface area contributed by atoms with Crippen LogP contribution in [0.5, 0.6) is 0 Å². The zero-order valence-corrected chi connectivity index (χ0v) is 24.6. The number of fused-ring (bicyclic) bond motifs is 4. The highest BCUT2D eigenvalue weighted by atomic mass is 35.5. The Morgan fingerprint density at radius 3 is 2.21 bits per heavy atom. The number of halogens is 2. The summed E-state index contributed by atoms with van der Waals surface area (Å²) in [5, 5.41) is 24.6. The molecule has 2 aliphatic rings. The highest BCUT2D eigenvalue weighted by molar-refractivity contribution is 6.30. The van der Waals surface area contributed by atoms with Crippen molar-refractivity contribution in [3.05, 3.63) is 143 Å². The van der Waals surface area contributed by atoms with Crippen LogP contribution in [0.4, 0.5) is 4.39 Å². The zero-order valence-electron chi connectivity index (χ0n) is 23.8. The first-order valence-electron chi connectivity index (χ1n) is 14.3. The summed E-state index contributed by atoms with van der Waals surface area (Å²) in [6, 6.07) is 21.2. The Bertz CT molecular complexity index is 2030. The van der Waals surface area contributed by atoms with Crippen LogP contribution in [0, 0.1) is 22.2 Å². The quantitative estimate of drug-likeness (QED) is 0.250. The van der Waals surface area contributed by atoms with Gasteiger partial charge in [-0.05, 0) is 124 Å². The van der Waals surface area contributed by atoms with Crippen LogP contribution < -0.4 is 10.4 Å². The molecule has 2 aliphatic carbocycles. The van der Waals surface area contributed by atoms with E-state index >= 15 is 0 Å². The van der Waals surface area contributed by atoms with Crippen LogP contribution in [0.25, 0.3) is 17.7 Å². The molecule has 0 amide bonds. The van der Waals surface area contributed by atoms with Crippen molar-refractivity contribution in [3.8, 4) is 0 Å². The average molecular weight is 593 g/mol. The molecular formula is C37H30ClFO4. The maximum Gasteiger partial charge on any atom is 0.335 e. The molecule has 4 nitrogen and oxygen atoms in total. The summed E-state index contributed by atoms with van der Waals surface area (Å²) in [4.78, 5) is 23.9. The van der Waals surface area contributed by atoms with Gasteiger partial charge in [-0.3, -0.25) is 0 Å². The molecule has 0 saturated heterocycles. The third-order valence-corrected chi connectivity index (χ3v) is 9.21. The van der Waals surface area contributed by atoms with E-state index in [1.807, 2.05) is 24.3 Å². The van der Waals surface area contributed by atoms with Crippen LogP contribution in [0.1, 0.15) is 69.2 Å². The molecule has 0 saturated carbocycles. The highest BCUT2D eigenvalue weighted by Crippen LogP contribution is 2.37. The number of carboxylic acids is 2. The summed E-state index contributed by atoms with van der Waals surface area (Å²) in [6.45, 7) is 4.20. The van der Waals surface area contributed by atoms with E-state index in [9.17, 15) is 24.2 Å². The normalized spacial score (nSPS) is 17.4. The molecule has 2 atom stereocenters. The minimum absolute atomic E-state index is 0.0150. The SMILES string of the molecule is C/C(=C(/C)C1C=c2cc(Cl)ccc2=c2ccc3c(c21)CCC(Cc1c(C(=O)O)cccc1C(=O)O)C=3)c1ccc(F)cc1. The van der Waals surface area contributed by atoms with Crippen molar-refractivity contribution >= 4 is 41.3 Å². The molecule has 0 aliphatic heterocycles. The average Bonchev–Trinajstić information content (AvgIpc) is 2.99. The van der Waals surface area contributed by atoms with E-state index in [-0.39, 0.29) is 28.8 Å². The van der Waals surface area contributed by atoms with Crippen LogP contribution in [-0.4, -0.2) is 22.2 Å². The molecule has 4 aromatic carbocycles. The van der Waals surface area contributed by atoms with Gasteiger partial charge < -0.3 is 10.2 Å². The molecule has 2 unspecified atom stereocenters. The first-order chi connectivity index (χ1) is 20.6. The fourth-order valence-electron chi connectivity index (χ4n) is 6.69. The van der Waals surface area contributed by atoms with Crippen molar-refractivity contribution in [3.63, 3.8) is 0 Å². The number of hydrogen-bond donors (Lipinski definition) is 2. The van der Waals surface area contributed by atoms with Gasteiger partial charge in [0.1, 0.15) is 5.82 Å². The van der Waals surface area contributed by atoms with Crippen molar-refractivity contribution in [2.45, 2.75) is 39.0 Å². The lowest BCUT2D eigenvalue weighted by molar-refractivity contribution is 0.0695. The smallest absolute Gasteiger partial charge is 0.335 e. The minimum Gasteiger partial charge on any atom is -0.478 e. The Labute approximate surface area is 253 Å². The van der Waals surface area contributed by atoms with Crippen molar-refractivity contribution in [2.24, 2.45) is 5.92 Å². The lowest BCUT2D eigenvalue weighted by Gasteiger charge is -2.28. The van der Waals surface area contributed by atoms with E-state index in [2.05, 4.69) is 44.2 Å². The van der Waals surface area contributed by atoms with Gasteiger partial charge in [-0.2, -0.15) is 0 Å². The van der Waals surface area contributed by atoms with Gasteiger partial charge in [0.05, 0.1) is 11.1 Å². The molecule has 6 rings (SSSR count). The maximum absolute atomic E-state index is 13.7. The summed E-state index contributed by atoms with van der Waals surface area (Å²) < 4.78 is 13.7. The van der Waals surface area contributed by atoms with Crippen LogP contribution in [-0.2, 0) is 12.8 Å². The third-order valence-electron chi connectivity index (χ3n) is 8.97. The number of hydrogen-bond acceptors (Lipinski definition) is 2. The second-order valence-electron chi connectivity index (χ2n) is 11.4. The summed E-state index contributed by atoms with van der Waals surface area (Å²) in [6.07, 6.45) is 6.30. The van der Waals surface area contributed by atoms with E-state index in [1.165, 1.54) is 41.5 Å². The first-order valence-corrected chi connectivity index (χ1v) is 14.7. The van der Waals surface area contributed by atoms with Crippen molar-refractivity contribution < 1.29 is 24.2 Å². The minimum atomic E-state index is -1.13. The van der Waals surface area contributed by atoms with E-state index in [1.54, 1.807) is 0 Å². The molecule has 0 bridgehead atoms. The molecule has 0 fully saturated rings. The number of benzene rings is 4. The molecule has 0 radical (unpaired) electrons. The van der Waals surface area contributed by atoms with E-state index in [0.717, 1.165) is 50.4 Å². The van der Waals surface area contributed by atoms with E-state index in [4.69, 9.17) is 11.6 Å². The Balaban J connectivity index is 1.52. The van der Waals surface area contributed by atoms with Gasteiger partial charge in [-0.1, -0.05) is 65.7 Å². The first kappa shape index (κ1) is 28.6. The molecule has 0 heterocycles. The van der Waals surface area contributed by atoms with Crippen molar-refractivity contribution in [1.82, 2.24) is 0 Å². The van der Waals surface area contributed by atoms with Gasteiger partial charge in [0.2, 0.25) is 0 Å². The second-order valence-corrected chi connectivity index (χ2v) is 11.8. The fraction of sp³-hybridized carbons (Fsp3) is 0.189. The number of allylic oxidation sites excluding steroid dienone is 2. The summed E-state index contributed by atoms with van der Waals surface area (Å²) >= 11 is 6.42. The number of carbonyl (C=O) groups is 2. The van der Waals surface area contributed by atoms with Gasteiger partial charge in [-0.15, -0.1) is 0 Å². The van der Waals surface area contributed by atoms with Crippen LogP contribution >= 0.6 is 11.6 Å². The molecule has 2 N–H and O–H groups in total. The van der Waals surface area contributed by atoms with Crippen LogP contribution in [0.15, 0.2) is 78.4 Å². The van der Waals surface area contributed by atoms with Gasteiger partial charge in [-0.25, -0.2) is 14.0 Å². The van der Waals surface area contributed by atoms with E-state index in [0.29, 0.717) is 17.0 Å². The van der Waals surface area contributed by atoms with Gasteiger partial charge >= 0.3 is 11.9 Å². The third kappa shape index (κ3) is 5.30. The van der Waals surface area contributed by atoms with Crippen LogP contribution in [0.2, 0.25) is 5.02 Å². The molecule has 0 spiro atoms. The fourth-order valence-corrected chi connectivity index (χ4v) is 6.87. The maximum atomic E-state index is 13.7. The summed E-state index contributed by atoms with van der Waals surface area (Å²) in [5.41, 5.74) is 6.11. The monoisotopic (exact) mass is 592 g/mol. The Morgan fingerprint density at radius 1 is 0.860 bits per heavy atom. The van der Waals surface area contributed by atoms with E-state index < -0.39 is 11.9 Å². The highest BCUT2D eigenvalue weighted by Gasteiger charge is 2.26. The molecule has 43 heavy (non-hydrogen) atoms. The van der Waals surface area contributed by atoms with Gasteiger partial charge in [0, 0.05) is 10.9 Å². The number of aromatic carboxylic acids is 2. The lowest BCUT2D eigenvalue weighted by Crippen LogP contribution is -2.26. The standard InChI is InChI=1S/C37H30ClFO4/c1-20(23-7-11-27(39)12-8-23)21(2)33-19-25-18-26(38)10-15-28(25)30-14-9-24-16-22(6-13-29(24)35(30)33)17-34-31(36(40)41)4-3-5-32(34)37(42)43/h3-5,7-12,14-16,18-19,22,33H,6,13,17H2,1-2H3,(H,40,41)(H,42,43)/b21-20+. The Kier molecular flexibility index (Phi) is 7.53. The predicted octanol–water partition coefficient (Wildman–Crippen LogP) is 7.12. The Morgan fingerprint density at radius 2 is 1.53 bits per heavy atom. The lowest BCUT2D eigenvalue weighted by atomic mass is 9.76. The summed E-state index contributed by atoms with van der Waals surface area (Å²) in [7, 11) is 0. The predicted molar refractivity (Wildman–Crippen MR) is 167 cm³/mol. The summed E-state index contributed by atoms with van der Waals surface area (Å²) in [5.74, 6) is -2.57. The molecule has 216 valence electrons. The molecule has 6 heteroatoms. The topological polar surface area (TPSA) is 74.6 Å². The molecule has 4 aromatic rings. The largest absolute Gasteiger partial charge is 0.478 e.